The van der Waals surface area contributed by atoms with E-state index in [0.29, 0.717) is 73.5 Å². The van der Waals surface area contributed by atoms with Crippen molar-refractivity contribution in [3.63, 3.8) is 0 Å². The van der Waals surface area contributed by atoms with Gasteiger partial charge in [0.25, 0.3) is 0 Å². The number of halogens is 3. The zero-order valence-electron chi connectivity index (χ0n) is 42.1. The van der Waals surface area contributed by atoms with Crippen molar-refractivity contribution < 1.29 is 32.6 Å². The van der Waals surface area contributed by atoms with Crippen LogP contribution in [0.1, 0.15) is 82.2 Å². The lowest BCUT2D eigenvalue weighted by atomic mass is 9.76. The van der Waals surface area contributed by atoms with Crippen LogP contribution in [0.15, 0.2) is 41.2 Å². The van der Waals surface area contributed by atoms with E-state index in [-0.39, 0.29) is 103 Å². The molecule has 1 spiro atoms. The quantitative estimate of drug-likeness (QED) is 0.0429. The number of anilines is 3. The van der Waals surface area contributed by atoms with Gasteiger partial charge in [-0.25, -0.2) is 13.6 Å². The van der Waals surface area contributed by atoms with E-state index in [1.807, 2.05) is 18.2 Å². The highest BCUT2D eigenvalue weighted by atomic mass is 35.5. The van der Waals surface area contributed by atoms with Gasteiger partial charge in [0.05, 0.1) is 32.0 Å². The Hall–Kier alpha value is -6.44. The number of thiophene rings is 1. The maximum atomic E-state index is 17.5. The first-order chi connectivity index (χ1) is 36.8. The van der Waals surface area contributed by atoms with Gasteiger partial charge in [-0.15, -0.1) is 11.3 Å². The fourth-order valence-electron chi connectivity index (χ4n) is 12.4. The highest BCUT2D eigenvalue weighted by Gasteiger charge is 2.57. The number of aryl methyl sites for hydroxylation is 1. The number of carbonyl (C=O) groups excluding carboxylic acids is 3. The van der Waals surface area contributed by atoms with E-state index in [2.05, 4.69) is 36.7 Å². The van der Waals surface area contributed by atoms with Crippen LogP contribution in [0.3, 0.4) is 0 Å². The number of ether oxygens (including phenoxy) is 2. The molecule has 22 heteroatoms. The van der Waals surface area contributed by atoms with Crippen LogP contribution in [0.25, 0.3) is 43.1 Å². The monoisotopic (exact) mass is 1080 g/mol. The van der Waals surface area contributed by atoms with Crippen LogP contribution in [0.5, 0.6) is 6.01 Å². The number of nitrogen functional groups attached to an aromatic ring is 1. The van der Waals surface area contributed by atoms with Gasteiger partial charge in [0, 0.05) is 93.4 Å². The molecule has 6 fully saturated rings. The highest BCUT2D eigenvalue weighted by Crippen LogP contribution is 2.48. The molecule has 3 aromatic heterocycles. The number of nitrogens with zero attached hydrogens (tertiary/aromatic N) is 8. The Kier molecular flexibility index (Phi) is 13.4. The molecule has 4 atom stereocenters. The van der Waals surface area contributed by atoms with Gasteiger partial charge in [-0.2, -0.15) is 15.2 Å². The van der Waals surface area contributed by atoms with Gasteiger partial charge in [0.1, 0.15) is 46.9 Å². The predicted octanol–water partition coefficient (Wildman–Crippen LogP) is 6.60. The largest absolute Gasteiger partial charge is 0.462 e. The summed E-state index contributed by atoms with van der Waals surface area (Å²) in [5, 5.41) is 20.0. The second-order valence-corrected chi connectivity index (χ2v) is 22.7. The summed E-state index contributed by atoms with van der Waals surface area (Å²) >= 11 is 7.95. The van der Waals surface area contributed by atoms with Gasteiger partial charge in [-0.1, -0.05) is 23.7 Å². The smallest absolute Gasteiger partial charge is 0.329 e. The summed E-state index contributed by atoms with van der Waals surface area (Å²) in [7, 11) is 1.68. The molecule has 76 heavy (non-hydrogen) atoms. The van der Waals surface area contributed by atoms with Crippen molar-refractivity contribution in [3.8, 4) is 23.2 Å². The van der Waals surface area contributed by atoms with Crippen LogP contribution in [0, 0.1) is 28.9 Å². The lowest BCUT2D eigenvalue weighted by molar-refractivity contribution is -0.149. The number of imide groups is 1. The molecule has 1 unspecified atom stereocenters. The van der Waals surface area contributed by atoms with Crippen LogP contribution in [0.2, 0.25) is 5.02 Å². The first-order valence-electron chi connectivity index (χ1n) is 26.5. The van der Waals surface area contributed by atoms with Crippen molar-refractivity contribution in [1.29, 1.82) is 5.26 Å². The third-order valence-electron chi connectivity index (χ3n) is 16.7. The number of benzene rings is 3. The van der Waals surface area contributed by atoms with Crippen LogP contribution in [-0.4, -0.2) is 129 Å². The van der Waals surface area contributed by atoms with E-state index in [0.717, 1.165) is 75.2 Å². The number of likely N-dealkylation sites (tertiary alicyclic amines) is 2. The van der Waals surface area contributed by atoms with Crippen LogP contribution in [0.4, 0.5) is 25.3 Å². The zero-order chi connectivity index (χ0) is 52.6. The summed E-state index contributed by atoms with van der Waals surface area (Å²) in [5.74, 6) is -0.856. The minimum Gasteiger partial charge on any atom is -0.462 e. The Morgan fingerprint density at radius 1 is 1.04 bits per heavy atom. The molecular weight excluding hydrogens is 1020 g/mol. The van der Waals surface area contributed by atoms with E-state index in [1.54, 1.807) is 13.1 Å². The molecule has 5 aliphatic heterocycles. The Bertz CT molecular complexity index is 3440. The number of amides is 3. The van der Waals surface area contributed by atoms with Crippen LogP contribution >= 0.6 is 22.9 Å². The average molecular weight is 1080 g/mol. The molecular formula is C54H59ClF2N12O6S. The first kappa shape index (κ1) is 50.4. The summed E-state index contributed by atoms with van der Waals surface area (Å²) < 4.78 is 48.3. The molecule has 0 bridgehead atoms. The van der Waals surface area contributed by atoms with E-state index in [9.17, 15) is 24.4 Å². The number of aromatic nitrogens is 4. The fraction of sp³-hybridized carbons (Fsp3) is 0.500. The van der Waals surface area contributed by atoms with Crippen molar-refractivity contribution in [2.45, 2.75) is 100 Å². The predicted molar refractivity (Wildman–Crippen MR) is 286 cm³/mol. The maximum absolute atomic E-state index is 17.5. The Balaban J connectivity index is 0.708. The van der Waals surface area contributed by atoms with Gasteiger partial charge in [0.15, 0.2) is 5.82 Å². The second kappa shape index (κ2) is 20.2. The number of nitriles is 1. The van der Waals surface area contributed by atoms with Crippen molar-refractivity contribution >= 4 is 89.2 Å². The van der Waals surface area contributed by atoms with Gasteiger partial charge in [-0.05, 0) is 106 Å². The lowest BCUT2D eigenvalue weighted by Gasteiger charge is -2.56. The minimum atomic E-state index is -0.757. The van der Waals surface area contributed by atoms with E-state index >= 15 is 8.78 Å². The number of hydrogen-bond donors (Lipinski definition) is 4. The number of nitrogens with one attached hydrogen (secondary N) is 3. The molecule has 6 aromatic rings. The Morgan fingerprint density at radius 2 is 1.84 bits per heavy atom. The Labute approximate surface area is 445 Å². The van der Waals surface area contributed by atoms with Gasteiger partial charge < -0.3 is 30.3 Å². The average Bonchev–Trinajstić information content (AvgIpc) is 4.33. The lowest BCUT2D eigenvalue weighted by Crippen LogP contribution is -2.67. The number of fused-ring (bicyclic) bond motifs is 3. The van der Waals surface area contributed by atoms with Crippen LogP contribution in [-0.2, 0) is 26.2 Å². The molecule has 5 N–H and O–H groups in total. The summed E-state index contributed by atoms with van der Waals surface area (Å²) in [6.07, 6.45) is 8.56. The Morgan fingerprint density at radius 3 is 2.61 bits per heavy atom. The molecule has 5 saturated heterocycles. The second-order valence-electron chi connectivity index (χ2n) is 21.2. The van der Waals surface area contributed by atoms with Gasteiger partial charge >= 0.3 is 11.7 Å². The zero-order valence-corrected chi connectivity index (χ0v) is 43.7. The van der Waals surface area contributed by atoms with Crippen molar-refractivity contribution in [3.05, 3.63) is 69.1 Å². The number of rotatable bonds is 17. The van der Waals surface area contributed by atoms with Crippen molar-refractivity contribution in [2.75, 3.05) is 75.0 Å². The SMILES string of the molecule is Cn1c(=O)n(C2CCC(=O)NC2=O)c2cccc(NCCCOCCCN3CCC[C@@H]3COc3nc(N4CCC5(CC4)CCN5C(=O)[C@@H]4N[C@H]4C4CC4)c4cc(Cl)c(-c5ccc(F)c6sc(N)c(C#N)c56)c(F)c4n3)c21. The minimum absolute atomic E-state index is 0.0113. The highest BCUT2D eigenvalue weighted by molar-refractivity contribution is 7.23. The number of piperidine rings is 2. The van der Waals surface area contributed by atoms with E-state index in [1.165, 1.54) is 34.1 Å². The van der Waals surface area contributed by atoms with E-state index < -0.39 is 23.6 Å². The number of para-hydroxylation sites is 1. The maximum Gasteiger partial charge on any atom is 0.329 e. The summed E-state index contributed by atoms with van der Waals surface area (Å²) in [6.45, 7) is 5.48. The molecule has 398 valence electrons. The van der Waals surface area contributed by atoms with E-state index in [4.69, 9.17) is 36.8 Å². The third kappa shape index (κ3) is 8.98. The van der Waals surface area contributed by atoms with Crippen LogP contribution < -0.4 is 37.0 Å². The summed E-state index contributed by atoms with van der Waals surface area (Å²) in [6, 6.07) is 11.4. The molecule has 8 heterocycles. The number of nitrogens with two attached hydrogens (primary N) is 1. The van der Waals surface area contributed by atoms with Crippen molar-refractivity contribution in [2.24, 2.45) is 13.0 Å². The van der Waals surface area contributed by atoms with Gasteiger partial charge in [-0.3, -0.25) is 39.1 Å². The molecule has 18 nitrogen and oxygen atoms in total. The summed E-state index contributed by atoms with van der Waals surface area (Å²) in [5.41, 5.74) is 7.92. The topological polar surface area (TPSA) is 228 Å². The van der Waals surface area contributed by atoms with Gasteiger partial charge in [0.2, 0.25) is 17.7 Å². The molecule has 1 saturated carbocycles. The summed E-state index contributed by atoms with van der Waals surface area (Å²) in [4.78, 5) is 67.7. The molecule has 3 amide bonds. The first-order valence-corrected chi connectivity index (χ1v) is 27.7. The fourth-order valence-corrected chi connectivity index (χ4v) is 13.6. The normalized spacial score (nSPS) is 22.4. The standard InChI is InChI=1S/C54H59ClF2N12O6S/c1-65-46-36(7-2-8-37(46)69(53(65)73)38-13-14-39(70)61-50(38)71)60-18-4-24-74-25-5-20-66-19-3-6-30(66)28-75-52-63-44-32(26-34(55)41(42(44)57)31-11-12-35(56)47-40(31)33(27-58)48(59)76-47)49(64-52)67-21-15-54(16-22-67)17-23-68(54)51(72)45-43(62-45)29-9-10-29/h2,7-8,11-12,26,29-30,38,43,45,60,62H,3-6,9-10,13-25,28,59H2,1H3,(H,61,70,71)/t30-,38?,43+,45-/m1/s1. The molecule has 6 aliphatic rings. The molecule has 3 aromatic carbocycles. The molecule has 1 aliphatic carbocycles. The number of carbonyl (C=O) groups is 3. The molecule has 12 rings (SSSR count). The van der Waals surface area contributed by atoms with Crippen molar-refractivity contribution in [1.82, 2.24) is 39.5 Å². The number of imidazole rings is 1. The molecule has 0 radical (unpaired) electrons. The number of hydrogen-bond acceptors (Lipinski definition) is 15. The third-order valence-corrected chi connectivity index (χ3v) is 18.1.